The smallest absolute Gasteiger partial charge is 0.308 e. The predicted molar refractivity (Wildman–Crippen MR) is 125 cm³/mol. The first-order chi connectivity index (χ1) is 15.3. The molecule has 2 amide bonds. The molecule has 0 bridgehead atoms. The zero-order valence-corrected chi connectivity index (χ0v) is 19.8. The van der Waals surface area contributed by atoms with Crippen molar-refractivity contribution in [3.05, 3.63) is 29.8 Å². The number of ether oxygens (including phenoxy) is 2. The molecule has 2 N–H and O–H groups in total. The number of nitrogens with zero attached hydrogens (tertiary/aromatic N) is 1. The van der Waals surface area contributed by atoms with Crippen molar-refractivity contribution in [2.45, 2.75) is 52.5 Å². The summed E-state index contributed by atoms with van der Waals surface area (Å²) >= 11 is 5.38. The van der Waals surface area contributed by atoms with E-state index in [2.05, 4.69) is 24.5 Å². The van der Waals surface area contributed by atoms with Gasteiger partial charge in [-0.05, 0) is 55.2 Å². The highest BCUT2D eigenvalue weighted by Crippen LogP contribution is 2.15. The van der Waals surface area contributed by atoms with Crippen LogP contribution in [-0.2, 0) is 14.3 Å². The van der Waals surface area contributed by atoms with Crippen LogP contribution in [0.1, 0.15) is 56.8 Å². The number of benzene rings is 1. The van der Waals surface area contributed by atoms with Crippen molar-refractivity contribution in [3.63, 3.8) is 0 Å². The summed E-state index contributed by atoms with van der Waals surface area (Å²) in [6.45, 7) is 7.96. The molecule has 0 saturated carbocycles. The second-order valence-electron chi connectivity index (χ2n) is 8.09. The first kappa shape index (κ1) is 25.6. The van der Waals surface area contributed by atoms with Gasteiger partial charge in [0.1, 0.15) is 11.8 Å². The van der Waals surface area contributed by atoms with E-state index in [4.69, 9.17) is 21.7 Å². The molecule has 1 aliphatic rings. The maximum Gasteiger partial charge on any atom is 0.308 e. The van der Waals surface area contributed by atoms with Gasteiger partial charge in [0, 0.05) is 18.7 Å². The Morgan fingerprint density at radius 2 is 1.97 bits per heavy atom. The number of carbonyl (C=O) groups excluding carboxylic acids is 3. The lowest BCUT2D eigenvalue weighted by molar-refractivity contribution is -0.147. The first-order valence-corrected chi connectivity index (χ1v) is 11.5. The molecule has 1 heterocycles. The predicted octanol–water partition coefficient (Wildman–Crippen LogP) is 2.66. The number of carbonyl (C=O) groups is 3. The number of amides is 2. The molecule has 8 nitrogen and oxygen atoms in total. The van der Waals surface area contributed by atoms with Crippen molar-refractivity contribution in [1.82, 2.24) is 15.5 Å². The number of thiocarbonyl (C=S) groups is 1. The van der Waals surface area contributed by atoms with E-state index in [9.17, 15) is 14.4 Å². The lowest BCUT2D eigenvalue weighted by Gasteiger charge is -2.36. The van der Waals surface area contributed by atoms with Gasteiger partial charge in [0.2, 0.25) is 5.91 Å². The van der Waals surface area contributed by atoms with Gasteiger partial charge in [-0.1, -0.05) is 27.2 Å². The van der Waals surface area contributed by atoms with Gasteiger partial charge in [-0.2, -0.15) is 0 Å². The lowest BCUT2D eigenvalue weighted by Crippen LogP contribution is -2.60. The van der Waals surface area contributed by atoms with Crippen LogP contribution in [0.25, 0.3) is 0 Å². The van der Waals surface area contributed by atoms with Gasteiger partial charge in [0.25, 0.3) is 5.91 Å². The van der Waals surface area contributed by atoms with E-state index < -0.39 is 12.0 Å². The van der Waals surface area contributed by atoms with Crippen LogP contribution >= 0.6 is 12.2 Å². The molecule has 32 heavy (non-hydrogen) atoms. The quantitative estimate of drug-likeness (QED) is 0.313. The topological polar surface area (TPSA) is 97.0 Å². The molecule has 176 valence electrons. The number of hydrogen-bond donors (Lipinski definition) is 2. The number of piperazine rings is 1. The molecule has 9 heteroatoms. The molecular formula is C23H33N3O5S. The van der Waals surface area contributed by atoms with E-state index in [-0.39, 0.29) is 23.3 Å². The fraction of sp³-hybridized carbons (Fsp3) is 0.565. The van der Waals surface area contributed by atoms with E-state index in [1.54, 1.807) is 29.2 Å². The molecule has 2 rings (SSSR count). The molecule has 0 spiro atoms. The van der Waals surface area contributed by atoms with Crippen LogP contribution in [0.4, 0.5) is 0 Å². The highest BCUT2D eigenvalue weighted by molar-refractivity contribution is 7.80. The highest BCUT2D eigenvalue weighted by atomic mass is 32.1. The minimum absolute atomic E-state index is 0.105. The van der Waals surface area contributed by atoms with E-state index in [0.29, 0.717) is 43.5 Å². The Labute approximate surface area is 195 Å². The minimum Gasteiger partial charge on any atom is -0.494 e. The molecule has 0 aliphatic carbocycles. The van der Waals surface area contributed by atoms with Gasteiger partial charge < -0.3 is 19.7 Å². The standard InChI is InChI=1S/C23H33N3O5S/c1-4-5-13-31-20(27)15-19-22(29)24-11-12-26(19)23(32)25-21(28)17-6-8-18(9-7-17)30-14-10-16(2)3/h6-9,16,19H,4-5,10-15H2,1-3H3,(H,24,29)(H,25,28,32). The molecule has 1 fully saturated rings. The molecule has 1 aromatic carbocycles. The van der Waals surface area contributed by atoms with Gasteiger partial charge in [-0.25, -0.2) is 0 Å². The monoisotopic (exact) mass is 463 g/mol. The molecular weight excluding hydrogens is 430 g/mol. The largest absolute Gasteiger partial charge is 0.494 e. The third-order valence-corrected chi connectivity index (χ3v) is 5.35. The molecule has 1 unspecified atom stereocenters. The second kappa shape index (κ2) is 13.0. The average molecular weight is 464 g/mol. The molecule has 1 aromatic rings. The summed E-state index contributed by atoms with van der Waals surface area (Å²) in [6, 6.07) is 5.98. The maximum atomic E-state index is 12.6. The Kier molecular flexibility index (Phi) is 10.4. The number of nitrogens with one attached hydrogen (secondary N) is 2. The molecule has 1 saturated heterocycles. The van der Waals surface area contributed by atoms with Gasteiger partial charge in [0.05, 0.1) is 19.6 Å². The number of hydrogen-bond acceptors (Lipinski definition) is 6. The molecule has 0 radical (unpaired) electrons. The van der Waals surface area contributed by atoms with Crippen molar-refractivity contribution in [2.75, 3.05) is 26.3 Å². The van der Waals surface area contributed by atoms with E-state index in [0.717, 1.165) is 19.3 Å². The van der Waals surface area contributed by atoms with Crippen LogP contribution in [0, 0.1) is 5.92 Å². The summed E-state index contributed by atoms with van der Waals surface area (Å²) in [5.41, 5.74) is 0.417. The van der Waals surface area contributed by atoms with Crippen LogP contribution in [-0.4, -0.2) is 60.1 Å². The van der Waals surface area contributed by atoms with E-state index in [1.807, 2.05) is 6.92 Å². The minimum atomic E-state index is -0.817. The summed E-state index contributed by atoms with van der Waals surface area (Å²) in [5.74, 6) is 0.0777. The Morgan fingerprint density at radius 1 is 1.25 bits per heavy atom. The number of unbranched alkanes of at least 4 members (excludes halogenated alkanes) is 1. The van der Waals surface area contributed by atoms with Crippen LogP contribution in [0.15, 0.2) is 24.3 Å². The fourth-order valence-electron chi connectivity index (χ4n) is 3.06. The summed E-state index contributed by atoms with van der Waals surface area (Å²) in [6.07, 6.45) is 2.49. The Balaban J connectivity index is 1.94. The van der Waals surface area contributed by atoms with Gasteiger partial charge in [-0.15, -0.1) is 0 Å². The summed E-state index contributed by atoms with van der Waals surface area (Å²) in [4.78, 5) is 38.7. The third kappa shape index (κ3) is 8.11. The number of rotatable bonds is 10. The van der Waals surface area contributed by atoms with E-state index in [1.165, 1.54) is 0 Å². The molecule has 1 atom stereocenters. The second-order valence-corrected chi connectivity index (χ2v) is 8.48. The summed E-state index contributed by atoms with van der Waals surface area (Å²) in [5, 5.41) is 5.50. The van der Waals surface area contributed by atoms with Crippen molar-refractivity contribution in [3.8, 4) is 5.75 Å². The Morgan fingerprint density at radius 3 is 2.62 bits per heavy atom. The van der Waals surface area contributed by atoms with Crippen molar-refractivity contribution < 1.29 is 23.9 Å². The Bertz CT molecular complexity index is 797. The zero-order valence-electron chi connectivity index (χ0n) is 19.0. The van der Waals surface area contributed by atoms with E-state index >= 15 is 0 Å². The number of esters is 1. The summed E-state index contributed by atoms with van der Waals surface area (Å²) in [7, 11) is 0. The normalized spacial score (nSPS) is 15.8. The Hall–Kier alpha value is -2.68. The lowest BCUT2D eigenvalue weighted by atomic mass is 10.1. The summed E-state index contributed by atoms with van der Waals surface area (Å²) < 4.78 is 10.8. The molecule has 1 aliphatic heterocycles. The third-order valence-electron chi connectivity index (χ3n) is 5.01. The average Bonchev–Trinajstić information content (AvgIpc) is 2.75. The molecule has 0 aromatic heterocycles. The SMILES string of the molecule is CCCCOC(=O)CC1C(=O)NCCN1C(=S)NC(=O)c1ccc(OCCC(C)C)cc1. The van der Waals surface area contributed by atoms with Crippen molar-refractivity contribution >= 4 is 35.1 Å². The first-order valence-electron chi connectivity index (χ1n) is 11.1. The van der Waals surface area contributed by atoms with Crippen LogP contribution in [0.2, 0.25) is 0 Å². The van der Waals surface area contributed by atoms with Crippen molar-refractivity contribution in [2.24, 2.45) is 5.92 Å². The van der Waals surface area contributed by atoms with Gasteiger partial charge >= 0.3 is 5.97 Å². The van der Waals surface area contributed by atoms with Crippen LogP contribution in [0.5, 0.6) is 5.75 Å². The van der Waals surface area contributed by atoms with Gasteiger partial charge in [0.15, 0.2) is 5.11 Å². The van der Waals surface area contributed by atoms with Gasteiger partial charge in [-0.3, -0.25) is 19.7 Å². The van der Waals surface area contributed by atoms with Crippen LogP contribution < -0.4 is 15.4 Å². The maximum absolute atomic E-state index is 12.6. The zero-order chi connectivity index (χ0) is 23.5. The van der Waals surface area contributed by atoms with Crippen molar-refractivity contribution in [1.29, 1.82) is 0 Å². The fourth-order valence-corrected chi connectivity index (χ4v) is 3.38. The highest BCUT2D eigenvalue weighted by Gasteiger charge is 2.34. The van der Waals surface area contributed by atoms with Crippen LogP contribution in [0.3, 0.4) is 0 Å².